The van der Waals surface area contributed by atoms with E-state index in [4.69, 9.17) is 16.0 Å². The van der Waals surface area contributed by atoms with Crippen molar-refractivity contribution in [2.75, 3.05) is 7.11 Å². The van der Waals surface area contributed by atoms with E-state index in [9.17, 15) is 19.5 Å². The van der Waals surface area contributed by atoms with Crippen LogP contribution in [0.25, 0.3) is 6.08 Å². The zero-order chi connectivity index (χ0) is 19.7. The van der Waals surface area contributed by atoms with Crippen LogP contribution in [0.5, 0.6) is 5.75 Å². The lowest BCUT2D eigenvalue weighted by Crippen LogP contribution is -2.27. The molecule has 2 amide bonds. The Morgan fingerprint density at radius 3 is 2.85 bits per heavy atom. The number of amides is 2. The lowest BCUT2D eigenvalue weighted by molar-refractivity contribution is -0.123. The fourth-order valence-electron chi connectivity index (χ4n) is 2.30. The molecule has 1 aromatic carbocycles. The van der Waals surface area contributed by atoms with E-state index in [2.05, 4.69) is 20.7 Å². The normalized spacial score (nSPS) is 15.7. The van der Waals surface area contributed by atoms with Crippen LogP contribution in [-0.2, 0) is 16.1 Å². The highest BCUT2D eigenvalue weighted by molar-refractivity contribution is 9.10. The lowest BCUT2D eigenvalue weighted by atomic mass is 10.2. The van der Waals surface area contributed by atoms with Crippen LogP contribution >= 0.6 is 39.3 Å². The zero-order valence-electron chi connectivity index (χ0n) is 13.7. The maximum atomic E-state index is 12.6. The van der Waals surface area contributed by atoms with Crippen molar-refractivity contribution >= 4 is 62.5 Å². The Bertz CT molecular complexity index is 986. The van der Waals surface area contributed by atoms with Crippen LogP contribution in [0.2, 0.25) is 5.02 Å². The van der Waals surface area contributed by atoms with Gasteiger partial charge in [0.1, 0.15) is 11.5 Å². The van der Waals surface area contributed by atoms with Gasteiger partial charge in [0.05, 0.1) is 23.0 Å². The molecule has 0 saturated carbocycles. The third-order valence-corrected chi connectivity index (χ3v) is 5.31. The van der Waals surface area contributed by atoms with Crippen LogP contribution in [0.1, 0.15) is 21.9 Å². The first-order valence-corrected chi connectivity index (χ1v) is 9.39. The van der Waals surface area contributed by atoms with Crippen molar-refractivity contribution in [3.63, 3.8) is 0 Å². The summed E-state index contributed by atoms with van der Waals surface area (Å²) in [5.74, 6) is -1.07. The predicted molar refractivity (Wildman–Crippen MR) is 102 cm³/mol. The molecule has 1 aliphatic rings. The molecule has 0 aliphatic carbocycles. The maximum absolute atomic E-state index is 12.6. The summed E-state index contributed by atoms with van der Waals surface area (Å²) >= 11 is 9.85. The van der Waals surface area contributed by atoms with Crippen molar-refractivity contribution in [3.05, 3.63) is 55.7 Å². The predicted octanol–water partition coefficient (Wildman–Crippen LogP) is 4.42. The molecular weight excluding hydrogens is 462 g/mol. The Balaban J connectivity index is 1.83. The Hall–Kier alpha value is -2.23. The monoisotopic (exact) mass is 471 g/mol. The minimum atomic E-state index is -0.655. The molecule has 1 N–H and O–H groups in total. The van der Waals surface area contributed by atoms with Crippen molar-refractivity contribution in [2.45, 2.75) is 6.54 Å². The highest BCUT2D eigenvalue weighted by atomic mass is 79.9. The molecule has 1 fully saturated rings. The van der Waals surface area contributed by atoms with E-state index in [1.807, 2.05) is 0 Å². The summed E-state index contributed by atoms with van der Waals surface area (Å²) < 4.78 is 10.2. The van der Waals surface area contributed by atoms with Crippen molar-refractivity contribution in [1.82, 2.24) is 4.90 Å². The number of carbonyl (C=O) groups is 3. The van der Waals surface area contributed by atoms with Gasteiger partial charge in [-0.25, -0.2) is 4.79 Å². The summed E-state index contributed by atoms with van der Waals surface area (Å²) in [6.07, 6.45) is 1.39. The van der Waals surface area contributed by atoms with E-state index >= 15 is 0 Å². The molecule has 2 aromatic rings. The van der Waals surface area contributed by atoms with Crippen LogP contribution in [0.15, 0.2) is 38.1 Å². The molecule has 27 heavy (non-hydrogen) atoms. The van der Waals surface area contributed by atoms with Crippen LogP contribution in [-0.4, -0.2) is 34.2 Å². The second-order valence-electron chi connectivity index (χ2n) is 5.35. The van der Waals surface area contributed by atoms with Gasteiger partial charge in [0, 0.05) is 10.6 Å². The molecule has 0 bridgehead atoms. The summed E-state index contributed by atoms with van der Waals surface area (Å²) in [6, 6.07) is 5.87. The van der Waals surface area contributed by atoms with E-state index in [0.717, 1.165) is 16.7 Å². The zero-order valence-corrected chi connectivity index (χ0v) is 16.9. The lowest BCUT2D eigenvalue weighted by Gasteiger charge is -2.10. The van der Waals surface area contributed by atoms with Gasteiger partial charge in [0.25, 0.3) is 11.1 Å². The average Bonchev–Trinajstić information content (AvgIpc) is 3.19. The Morgan fingerprint density at radius 2 is 2.15 bits per heavy atom. The molecule has 0 atom stereocenters. The molecule has 10 heteroatoms. The average molecular weight is 473 g/mol. The molecule has 7 nitrogen and oxygen atoms in total. The van der Waals surface area contributed by atoms with E-state index < -0.39 is 17.1 Å². The first-order valence-electron chi connectivity index (χ1n) is 7.40. The van der Waals surface area contributed by atoms with Gasteiger partial charge in [-0.1, -0.05) is 11.6 Å². The topological polar surface area (TPSA) is 97.0 Å². The van der Waals surface area contributed by atoms with Gasteiger partial charge in [0.2, 0.25) is 5.76 Å². The number of hydrogen-bond acceptors (Lipinski definition) is 7. The van der Waals surface area contributed by atoms with Crippen molar-refractivity contribution in [2.24, 2.45) is 0 Å². The number of rotatable bonds is 4. The molecule has 1 saturated heterocycles. The summed E-state index contributed by atoms with van der Waals surface area (Å²) in [4.78, 5) is 37.3. The number of phenols is 1. The molecule has 0 unspecified atom stereocenters. The molecule has 0 radical (unpaired) electrons. The maximum Gasteiger partial charge on any atom is 0.373 e. The first kappa shape index (κ1) is 19.5. The number of phenolic OH excluding ortho intramolecular Hbond substituents is 1. The molecule has 3 rings (SSSR count). The van der Waals surface area contributed by atoms with Crippen molar-refractivity contribution in [1.29, 1.82) is 0 Å². The molecular formula is C17H11BrClNO6S. The number of carbonyl (C=O) groups excluding carboxylic acids is 3. The molecule has 1 aromatic heterocycles. The smallest absolute Gasteiger partial charge is 0.373 e. The molecule has 140 valence electrons. The number of furan rings is 1. The second-order valence-corrected chi connectivity index (χ2v) is 7.63. The van der Waals surface area contributed by atoms with Gasteiger partial charge in [-0.3, -0.25) is 14.5 Å². The van der Waals surface area contributed by atoms with Gasteiger partial charge in [-0.05, 0) is 58.0 Å². The number of esters is 1. The van der Waals surface area contributed by atoms with Crippen LogP contribution < -0.4 is 0 Å². The van der Waals surface area contributed by atoms with Gasteiger partial charge in [0.15, 0.2) is 0 Å². The Morgan fingerprint density at radius 1 is 1.41 bits per heavy atom. The Labute approximate surface area is 171 Å². The number of ether oxygens (including phenoxy) is 1. The standard InChI is InChI=1S/C17H11BrClNO6S/c1-25-16(23)12-3-2-10(26-12)7-20-15(22)13(27-17(20)24)5-8-4-9(19)6-11(18)14(8)21/h2-6,21H,7H2,1H3/b13-5+. The number of benzene rings is 1. The van der Waals surface area contributed by atoms with Crippen LogP contribution in [0.3, 0.4) is 0 Å². The fourth-order valence-corrected chi connectivity index (χ4v) is 3.97. The van der Waals surface area contributed by atoms with Crippen molar-refractivity contribution in [3.8, 4) is 5.75 Å². The van der Waals surface area contributed by atoms with Crippen molar-refractivity contribution < 1.29 is 28.6 Å². The van der Waals surface area contributed by atoms with Gasteiger partial charge in [-0.15, -0.1) is 0 Å². The number of aromatic hydroxyl groups is 1. The quantitative estimate of drug-likeness (QED) is 0.519. The number of hydrogen-bond donors (Lipinski definition) is 1. The summed E-state index contributed by atoms with van der Waals surface area (Å²) in [5.41, 5.74) is 0.297. The van der Waals surface area contributed by atoms with Crippen LogP contribution in [0, 0.1) is 0 Å². The summed E-state index contributed by atoms with van der Waals surface area (Å²) in [7, 11) is 1.22. The first-order chi connectivity index (χ1) is 12.8. The third-order valence-electron chi connectivity index (χ3n) is 3.58. The number of imide groups is 1. The summed E-state index contributed by atoms with van der Waals surface area (Å²) in [6.45, 7) is -0.135. The van der Waals surface area contributed by atoms with E-state index in [1.54, 1.807) is 0 Å². The largest absolute Gasteiger partial charge is 0.506 e. The van der Waals surface area contributed by atoms with E-state index in [-0.39, 0.29) is 28.7 Å². The second kappa shape index (κ2) is 7.79. The molecule has 0 spiro atoms. The van der Waals surface area contributed by atoms with E-state index in [1.165, 1.54) is 37.5 Å². The number of halogens is 2. The fraction of sp³-hybridized carbons (Fsp3) is 0.118. The van der Waals surface area contributed by atoms with E-state index in [0.29, 0.717) is 15.1 Å². The summed E-state index contributed by atoms with van der Waals surface area (Å²) in [5, 5.41) is 9.95. The third kappa shape index (κ3) is 4.05. The minimum absolute atomic E-state index is 0.0243. The van der Waals surface area contributed by atoms with Gasteiger partial charge < -0.3 is 14.3 Å². The Kier molecular flexibility index (Phi) is 5.64. The van der Waals surface area contributed by atoms with Crippen LogP contribution in [0.4, 0.5) is 4.79 Å². The molecule has 1 aliphatic heterocycles. The SMILES string of the molecule is COC(=O)c1ccc(CN2C(=O)S/C(=C/c3cc(Cl)cc(Br)c3O)C2=O)o1. The highest BCUT2D eigenvalue weighted by Gasteiger charge is 2.36. The van der Waals surface area contributed by atoms with Gasteiger partial charge in [-0.2, -0.15) is 0 Å². The number of nitrogens with zero attached hydrogens (tertiary/aromatic N) is 1. The highest BCUT2D eigenvalue weighted by Crippen LogP contribution is 2.38. The number of methoxy groups -OCH3 is 1. The minimum Gasteiger partial charge on any atom is -0.506 e. The van der Waals surface area contributed by atoms with Gasteiger partial charge >= 0.3 is 5.97 Å². The molecule has 2 heterocycles. The number of thioether (sulfide) groups is 1.